The quantitative estimate of drug-likeness (QED) is 0.798. The molecule has 0 spiro atoms. The third-order valence-electron chi connectivity index (χ3n) is 2.23. The van der Waals surface area contributed by atoms with Gasteiger partial charge in [-0.2, -0.15) is 0 Å². The standard InChI is InChI=1S/C10H15N3O3S/c1-3-13(4-2)8(14)5-11-10-12-7(6-17-10)9(15)16/h6H,3-5H2,1-2H3,(H,11,12)(H,15,16). The molecule has 1 rings (SSSR count). The number of aromatic nitrogens is 1. The molecule has 1 aromatic rings. The fourth-order valence-electron chi connectivity index (χ4n) is 1.29. The number of likely N-dealkylation sites (N-methyl/N-ethyl adjacent to an activating group) is 1. The Bertz CT molecular complexity index is 401. The zero-order valence-electron chi connectivity index (χ0n) is 9.77. The molecule has 0 aliphatic heterocycles. The second kappa shape index (κ2) is 6.19. The van der Waals surface area contributed by atoms with Crippen LogP contribution in [0.3, 0.4) is 0 Å². The zero-order valence-corrected chi connectivity index (χ0v) is 10.6. The molecule has 7 heteroatoms. The van der Waals surface area contributed by atoms with Gasteiger partial charge < -0.3 is 15.3 Å². The first-order valence-corrected chi connectivity index (χ1v) is 6.16. The first-order chi connectivity index (χ1) is 8.08. The lowest BCUT2D eigenvalue weighted by molar-refractivity contribution is -0.128. The lowest BCUT2D eigenvalue weighted by Crippen LogP contribution is -2.35. The molecule has 1 heterocycles. The van der Waals surface area contributed by atoms with Crippen molar-refractivity contribution in [2.24, 2.45) is 0 Å². The van der Waals surface area contributed by atoms with Gasteiger partial charge in [0, 0.05) is 18.5 Å². The molecule has 2 N–H and O–H groups in total. The van der Waals surface area contributed by atoms with Crippen molar-refractivity contribution in [2.75, 3.05) is 25.0 Å². The molecule has 17 heavy (non-hydrogen) atoms. The fourth-order valence-corrected chi connectivity index (χ4v) is 1.98. The number of anilines is 1. The molecule has 0 aromatic carbocycles. The van der Waals surface area contributed by atoms with E-state index in [9.17, 15) is 9.59 Å². The number of aromatic carboxylic acids is 1. The van der Waals surface area contributed by atoms with Crippen molar-refractivity contribution >= 4 is 28.3 Å². The third kappa shape index (κ3) is 3.70. The summed E-state index contributed by atoms with van der Waals surface area (Å²) in [5.41, 5.74) is -0.00668. The maximum absolute atomic E-state index is 11.6. The first-order valence-electron chi connectivity index (χ1n) is 5.28. The SMILES string of the molecule is CCN(CC)C(=O)CNc1nc(C(=O)O)cs1. The summed E-state index contributed by atoms with van der Waals surface area (Å²) in [4.78, 5) is 27.8. The summed E-state index contributed by atoms with van der Waals surface area (Å²) in [6, 6.07) is 0. The topological polar surface area (TPSA) is 82.5 Å². The number of carbonyl (C=O) groups is 2. The van der Waals surface area contributed by atoms with Gasteiger partial charge in [0.1, 0.15) is 0 Å². The molecule has 0 aliphatic rings. The van der Waals surface area contributed by atoms with Crippen molar-refractivity contribution in [3.8, 4) is 0 Å². The number of hydrogen-bond acceptors (Lipinski definition) is 5. The van der Waals surface area contributed by atoms with Crippen molar-refractivity contribution in [1.29, 1.82) is 0 Å². The molecule has 1 amide bonds. The Morgan fingerprint density at radius 2 is 2.12 bits per heavy atom. The average Bonchev–Trinajstić information content (AvgIpc) is 2.76. The van der Waals surface area contributed by atoms with Gasteiger partial charge in [0.25, 0.3) is 0 Å². The van der Waals surface area contributed by atoms with Gasteiger partial charge in [-0.1, -0.05) is 0 Å². The third-order valence-corrected chi connectivity index (χ3v) is 3.03. The normalized spacial score (nSPS) is 10.0. The lowest BCUT2D eigenvalue weighted by Gasteiger charge is -2.18. The Balaban J connectivity index is 2.49. The second-order valence-electron chi connectivity index (χ2n) is 3.26. The summed E-state index contributed by atoms with van der Waals surface area (Å²) < 4.78 is 0. The maximum atomic E-state index is 11.6. The summed E-state index contributed by atoms with van der Waals surface area (Å²) in [6.45, 7) is 5.28. The van der Waals surface area contributed by atoms with Gasteiger partial charge in [-0.3, -0.25) is 4.79 Å². The second-order valence-corrected chi connectivity index (χ2v) is 4.12. The van der Waals surface area contributed by atoms with Crippen LogP contribution in [-0.2, 0) is 4.79 Å². The van der Waals surface area contributed by atoms with Crippen molar-refractivity contribution in [3.05, 3.63) is 11.1 Å². The summed E-state index contributed by atoms with van der Waals surface area (Å²) in [6.07, 6.45) is 0. The summed E-state index contributed by atoms with van der Waals surface area (Å²) >= 11 is 1.17. The molecule has 1 aromatic heterocycles. The number of nitrogens with zero attached hydrogens (tertiary/aromatic N) is 2. The molecule has 0 atom stereocenters. The summed E-state index contributed by atoms with van der Waals surface area (Å²) in [5, 5.41) is 13.4. The van der Waals surface area contributed by atoms with Gasteiger partial charge in [-0.15, -0.1) is 11.3 Å². The van der Waals surface area contributed by atoms with Crippen molar-refractivity contribution in [3.63, 3.8) is 0 Å². The highest BCUT2D eigenvalue weighted by Gasteiger charge is 2.11. The van der Waals surface area contributed by atoms with Crippen LogP contribution in [0.4, 0.5) is 5.13 Å². The Kier molecular flexibility index (Phi) is 4.89. The van der Waals surface area contributed by atoms with Gasteiger partial charge in [-0.25, -0.2) is 9.78 Å². The minimum absolute atomic E-state index is 0.00668. The molecule has 0 saturated heterocycles. The Hall–Kier alpha value is -1.63. The van der Waals surface area contributed by atoms with Crippen LogP contribution in [0, 0.1) is 0 Å². The minimum Gasteiger partial charge on any atom is -0.476 e. The van der Waals surface area contributed by atoms with Gasteiger partial charge in [0.05, 0.1) is 6.54 Å². The Morgan fingerprint density at radius 3 is 2.59 bits per heavy atom. The van der Waals surface area contributed by atoms with Gasteiger partial charge in [-0.05, 0) is 13.8 Å². The monoisotopic (exact) mass is 257 g/mol. The summed E-state index contributed by atoms with van der Waals surface area (Å²) in [5.74, 6) is -1.09. The van der Waals surface area contributed by atoms with Crippen molar-refractivity contribution in [1.82, 2.24) is 9.88 Å². The van der Waals surface area contributed by atoms with E-state index in [4.69, 9.17) is 5.11 Å². The smallest absolute Gasteiger partial charge is 0.355 e. The van der Waals surface area contributed by atoms with Crippen LogP contribution in [0.1, 0.15) is 24.3 Å². The van der Waals surface area contributed by atoms with Crippen LogP contribution in [-0.4, -0.2) is 46.5 Å². The van der Waals surface area contributed by atoms with Crippen molar-refractivity contribution in [2.45, 2.75) is 13.8 Å². The molecule has 0 fully saturated rings. The number of carbonyl (C=O) groups excluding carboxylic acids is 1. The van der Waals surface area contributed by atoms with Crippen LogP contribution in [0.25, 0.3) is 0 Å². The molecular formula is C10H15N3O3S. The number of thiazole rings is 1. The van der Waals surface area contributed by atoms with Crippen LogP contribution in [0.2, 0.25) is 0 Å². The van der Waals surface area contributed by atoms with E-state index >= 15 is 0 Å². The molecule has 0 bridgehead atoms. The zero-order chi connectivity index (χ0) is 12.8. The highest BCUT2D eigenvalue weighted by atomic mass is 32.1. The predicted octanol–water partition coefficient (Wildman–Crippen LogP) is 1.12. The van der Waals surface area contributed by atoms with Crippen LogP contribution >= 0.6 is 11.3 Å². The number of carboxylic acids is 1. The van der Waals surface area contributed by atoms with E-state index in [0.717, 1.165) is 0 Å². The number of amides is 1. The van der Waals surface area contributed by atoms with Crippen LogP contribution in [0.5, 0.6) is 0 Å². The number of carboxylic acid groups (broad SMARTS) is 1. The molecule has 0 saturated carbocycles. The van der Waals surface area contributed by atoms with E-state index in [1.807, 2.05) is 13.8 Å². The van der Waals surface area contributed by atoms with Crippen molar-refractivity contribution < 1.29 is 14.7 Å². The van der Waals surface area contributed by atoms with E-state index in [0.29, 0.717) is 18.2 Å². The molecule has 0 unspecified atom stereocenters. The van der Waals surface area contributed by atoms with E-state index in [-0.39, 0.29) is 18.1 Å². The van der Waals surface area contributed by atoms with Crippen LogP contribution < -0.4 is 5.32 Å². The largest absolute Gasteiger partial charge is 0.476 e. The van der Waals surface area contributed by atoms with Crippen LogP contribution in [0.15, 0.2) is 5.38 Å². The highest BCUT2D eigenvalue weighted by Crippen LogP contribution is 2.14. The minimum atomic E-state index is -1.07. The first kappa shape index (κ1) is 13.4. The lowest BCUT2D eigenvalue weighted by atomic mass is 10.4. The van der Waals surface area contributed by atoms with E-state index < -0.39 is 5.97 Å². The number of rotatable bonds is 6. The highest BCUT2D eigenvalue weighted by molar-refractivity contribution is 7.13. The average molecular weight is 257 g/mol. The van der Waals surface area contributed by atoms with Gasteiger partial charge in [0.2, 0.25) is 5.91 Å². The Morgan fingerprint density at radius 1 is 1.47 bits per heavy atom. The predicted molar refractivity (Wildman–Crippen MR) is 65.5 cm³/mol. The van der Waals surface area contributed by atoms with E-state index in [2.05, 4.69) is 10.3 Å². The number of hydrogen-bond donors (Lipinski definition) is 2. The molecule has 94 valence electrons. The fraction of sp³-hybridized carbons (Fsp3) is 0.500. The van der Waals surface area contributed by atoms with Gasteiger partial charge >= 0.3 is 5.97 Å². The van der Waals surface area contributed by atoms with Gasteiger partial charge in [0.15, 0.2) is 10.8 Å². The molecule has 6 nitrogen and oxygen atoms in total. The maximum Gasteiger partial charge on any atom is 0.355 e. The number of nitrogens with one attached hydrogen (secondary N) is 1. The summed E-state index contributed by atoms with van der Waals surface area (Å²) in [7, 11) is 0. The Labute approximate surface area is 103 Å². The molecule has 0 radical (unpaired) electrons. The van der Waals surface area contributed by atoms with E-state index in [1.165, 1.54) is 16.7 Å². The molecule has 0 aliphatic carbocycles. The molecular weight excluding hydrogens is 242 g/mol. The van der Waals surface area contributed by atoms with E-state index in [1.54, 1.807) is 4.90 Å².